The van der Waals surface area contributed by atoms with E-state index in [1.165, 1.54) is 0 Å². The number of methoxy groups -OCH3 is 1. The Balaban J connectivity index is 1.30. The van der Waals surface area contributed by atoms with Gasteiger partial charge in [-0.2, -0.15) is 0 Å². The molecule has 1 fully saturated rings. The van der Waals surface area contributed by atoms with Crippen molar-refractivity contribution in [1.82, 2.24) is 15.5 Å². The molecular formula is C30H41N3O7. The Kier molecular flexibility index (Phi) is 10.5. The van der Waals surface area contributed by atoms with Gasteiger partial charge < -0.3 is 39.2 Å². The van der Waals surface area contributed by atoms with Crippen LogP contribution in [-0.2, 0) is 9.47 Å². The number of rotatable bonds is 12. The summed E-state index contributed by atoms with van der Waals surface area (Å²) in [6.45, 7) is 9.78. The fraction of sp³-hybridized carbons (Fsp3) is 0.533. The Morgan fingerprint density at radius 2 is 1.88 bits per heavy atom. The normalized spacial score (nSPS) is 19.8. The molecule has 3 atom stereocenters. The third-order valence-electron chi connectivity index (χ3n) is 7.21. The molecule has 0 aromatic heterocycles. The van der Waals surface area contributed by atoms with Crippen molar-refractivity contribution in [3.8, 4) is 17.2 Å². The first-order valence-electron chi connectivity index (χ1n) is 13.9. The number of nitrogens with zero attached hydrogens (tertiary/aromatic N) is 1. The van der Waals surface area contributed by atoms with Gasteiger partial charge in [-0.3, -0.25) is 4.79 Å². The summed E-state index contributed by atoms with van der Waals surface area (Å²) < 4.78 is 27.7. The summed E-state index contributed by atoms with van der Waals surface area (Å²) in [7, 11) is 1.67. The number of benzene rings is 2. The van der Waals surface area contributed by atoms with Crippen LogP contribution in [0.4, 0.5) is 4.79 Å². The van der Waals surface area contributed by atoms with Crippen LogP contribution in [0.3, 0.4) is 0 Å². The Morgan fingerprint density at radius 1 is 1.10 bits per heavy atom. The van der Waals surface area contributed by atoms with Crippen LogP contribution in [-0.4, -0.2) is 82.3 Å². The molecular weight excluding hydrogens is 514 g/mol. The van der Waals surface area contributed by atoms with Gasteiger partial charge in [-0.15, -0.1) is 0 Å². The van der Waals surface area contributed by atoms with Crippen LogP contribution >= 0.6 is 0 Å². The lowest BCUT2D eigenvalue weighted by atomic mass is 9.94. The summed E-state index contributed by atoms with van der Waals surface area (Å²) >= 11 is 0. The number of aryl methyl sites for hydroxylation is 1. The number of hydrogen-bond donors (Lipinski definition) is 2. The van der Waals surface area contributed by atoms with Crippen molar-refractivity contribution in [2.24, 2.45) is 11.8 Å². The SMILES string of the molecule is COCCCOc1cc(C(=O)N(C[C@@H]2CNC[C@H]2CNC(=O)O[C@H]2COc3ccccc3O2)C(C)C)ccc1C. The summed E-state index contributed by atoms with van der Waals surface area (Å²) in [4.78, 5) is 28.0. The van der Waals surface area contributed by atoms with Crippen molar-refractivity contribution >= 4 is 12.0 Å². The smallest absolute Gasteiger partial charge is 0.410 e. The molecule has 0 radical (unpaired) electrons. The van der Waals surface area contributed by atoms with Gasteiger partial charge in [0.05, 0.1) is 6.61 Å². The van der Waals surface area contributed by atoms with E-state index in [-0.39, 0.29) is 30.4 Å². The Bertz CT molecular complexity index is 1140. The molecule has 40 heavy (non-hydrogen) atoms. The number of amides is 2. The molecule has 2 aliphatic rings. The zero-order chi connectivity index (χ0) is 28.5. The van der Waals surface area contributed by atoms with Gasteiger partial charge in [0.1, 0.15) is 5.75 Å². The molecule has 10 nitrogen and oxygen atoms in total. The van der Waals surface area contributed by atoms with Crippen LogP contribution in [0, 0.1) is 18.8 Å². The maximum absolute atomic E-state index is 13.6. The predicted molar refractivity (Wildman–Crippen MR) is 150 cm³/mol. The molecule has 4 rings (SSSR count). The van der Waals surface area contributed by atoms with Crippen molar-refractivity contribution in [2.45, 2.75) is 39.5 Å². The standard InChI is InChI=1S/C30H41N3O7/c1-20(2)33(29(34)22-11-10-21(3)27(14-22)37-13-7-12-36-4)18-24-16-31-15-23(24)17-32-30(35)40-28-19-38-25-8-5-6-9-26(25)39-28/h5-6,8-11,14,20,23-24,28,31H,7,12-13,15-19H2,1-4H3,(H,32,35)/t23-,24-,28-/m0/s1. The lowest BCUT2D eigenvalue weighted by Crippen LogP contribution is -2.44. The number of ether oxygens (including phenoxy) is 5. The minimum Gasteiger partial charge on any atom is -0.493 e. The van der Waals surface area contributed by atoms with Crippen LogP contribution in [0.5, 0.6) is 17.2 Å². The molecule has 2 N–H and O–H groups in total. The highest BCUT2D eigenvalue weighted by Gasteiger charge is 2.32. The Hall–Kier alpha value is -3.50. The lowest BCUT2D eigenvalue weighted by Gasteiger charge is -2.32. The number of alkyl carbamates (subject to hydrolysis) is 1. The highest BCUT2D eigenvalue weighted by molar-refractivity contribution is 5.95. The minimum atomic E-state index is -0.815. The quantitative estimate of drug-likeness (QED) is 0.383. The second-order valence-electron chi connectivity index (χ2n) is 10.5. The zero-order valence-electron chi connectivity index (χ0n) is 23.8. The highest BCUT2D eigenvalue weighted by atomic mass is 16.7. The Labute approximate surface area is 236 Å². The van der Waals surface area contributed by atoms with E-state index in [0.29, 0.717) is 49.1 Å². The van der Waals surface area contributed by atoms with Crippen molar-refractivity contribution in [3.05, 3.63) is 53.6 Å². The number of carbonyl (C=O) groups excluding carboxylic acids is 2. The van der Waals surface area contributed by atoms with E-state index in [4.69, 9.17) is 23.7 Å². The van der Waals surface area contributed by atoms with E-state index >= 15 is 0 Å². The number of carbonyl (C=O) groups is 2. The molecule has 2 heterocycles. The molecule has 0 unspecified atom stereocenters. The van der Waals surface area contributed by atoms with Crippen molar-refractivity contribution in [3.63, 3.8) is 0 Å². The first-order valence-corrected chi connectivity index (χ1v) is 13.9. The maximum Gasteiger partial charge on any atom is 0.410 e. The molecule has 2 amide bonds. The third-order valence-corrected chi connectivity index (χ3v) is 7.21. The lowest BCUT2D eigenvalue weighted by molar-refractivity contribution is -0.0750. The van der Waals surface area contributed by atoms with Crippen LogP contribution in [0.1, 0.15) is 36.2 Å². The second kappa shape index (κ2) is 14.2. The molecule has 0 bridgehead atoms. The van der Waals surface area contributed by atoms with Crippen molar-refractivity contribution in [2.75, 3.05) is 53.1 Å². The first kappa shape index (κ1) is 29.5. The summed E-state index contributed by atoms with van der Waals surface area (Å²) in [5, 5.41) is 6.27. The summed E-state index contributed by atoms with van der Waals surface area (Å²) in [5.41, 5.74) is 1.58. The summed E-state index contributed by atoms with van der Waals surface area (Å²) in [6, 6.07) is 12.9. The maximum atomic E-state index is 13.6. The van der Waals surface area contributed by atoms with Gasteiger partial charge in [-0.1, -0.05) is 18.2 Å². The van der Waals surface area contributed by atoms with E-state index in [1.807, 2.05) is 56.0 Å². The number of para-hydroxylation sites is 2. The number of nitrogens with one attached hydrogen (secondary N) is 2. The van der Waals surface area contributed by atoms with Crippen LogP contribution in [0.2, 0.25) is 0 Å². The van der Waals surface area contributed by atoms with E-state index in [0.717, 1.165) is 25.1 Å². The van der Waals surface area contributed by atoms with Gasteiger partial charge in [0.15, 0.2) is 18.1 Å². The van der Waals surface area contributed by atoms with Crippen LogP contribution in [0.25, 0.3) is 0 Å². The number of fused-ring (bicyclic) bond motifs is 1. The van der Waals surface area contributed by atoms with Gasteiger partial charge in [-0.05, 0) is 62.4 Å². The van der Waals surface area contributed by atoms with E-state index < -0.39 is 12.4 Å². The van der Waals surface area contributed by atoms with E-state index in [9.17, 15) is 9.59 Å². The topological polar surface area (TPSA) is 108 Å². The largest absolute Gasteiger partial charge is 0.493 e. The van der Waals surface area contributed by atoms with Gasteiger partial charge in [0.25, 0.3) is 12.2 Å². The van der Waals surface area contributed by atoms with E-state index in [1.54, 1.807) is 19.2 Å². The predicted octanol–water partition coefficient (Wildman–Crippen LogP) is 3.62. The van der Waals surface area contributed by atoms with E-state index in [2.05, 4.69) is 10.6 Å². The van der Waals surface area contributed by atoms with Crippen LogP contribution < -0.4 is 24.8 Å². The van der Waals surface area contributed by atoms with Gasteiger partial charge in [0.2, 0.25) is 0 Å². The average molecular weight is 556 g/mol. The minimum absolute atomic E-state index is 0.00498. The highest BCUT2D eigenvalue weighted by Crippen LogP contribution is 2.31. The molecule has 2 aliphatic heterocycles. The van der Waals surface area contributed by atoms with Crippen molar-refractivity contribution < 1.29 is 33.3 Å². The zero-order valence-corrected chi connectivity index (χ0v) is 23.8. The summed E-state index contributed by atoms with van der Waals surface area (Å²) in [5.74, 6) is 2.16. The Morgan fingerprint density at radius 3 is 2.65 bits per heavy atom. The monoisotopic (exact) mass is 555 g/mol. The van der Waals surface area contributed by atoms with Gasteiger partial charge in [-0.25, -0.2) is 4.79 Å². The molecule has 0 saturated carbocycles. The molecule has 218 valence electrons. The van der Waals surface area contributed by atoms with Gasteiger partial charge >= 0.3 is 6.09 Å². The summed E-state index contributed by atoms with van der Waals surface area (Å²) in [6.07, 6.45) is -0.600. The first-order chi connectivity index (χ1) is 19.4. The molecule has 1 saturated heterocycles. The average Bonchev–Trinajstić information content (AvgIpc) is 3.40. The molecule has 0 spiro atoms. The van der Waals surface area contributed by atoms with Crippen molar-refractivity contribution in [1.29, 1.82) is 0 Å². The van der Waals surface area contributed by atoms with Crippen LogP contribution in [0.15, 0.2) is 42.5 Å². The molecule has 10 heteroatoms. The molecule has 2 aromatic rings. The fourth-order valence-electron chi connectivity index (χ4n) is 4.89. The third kappa shape index (κ3) is 7.79. The second-order valence-corrected chi connectivity index (χ2v) is 10.5. The molecule has 0 aliphatic carbocycles. The fourth-order valence-corrected chi connectivity index (χ4v) is 4.89. The molecule has 2 aromatic carbocycles. The van der Waals surface area contributed by atoms with Gasteiger partial charge in [0, 0.05) is 57.9 Å². The number of hydrogen-bond acceptors (Lipinski definition) is 8.